The molecule has 2 heterocycles. The molecule has 0 saturated carbocycles. The largest absolute Gasteiger partial charge is 0.416 e. The maximum Gasteiger partial charge on any atom is 0.416 e. The van der Waals surface area contributed by atoms with Gasteiger partial charge in [-0.25, -0.2) is 0 Å². The van der Waals surface area contributed by atoms with Crippen molar-refractivity contribution >= 4 is 29.0 Å². The highest BCUT2D eigenvalue weighted by Gasteiger charge is 2.35. The van der Waals surface area contributed by atoms with Crippen molar-refractivity contribution in [2.24, 2.45) is 0 Å². The Balaban J connectivity index is 1.51. The van der Waals surface area contributed by atoms with E-state index in [1.54, 1.807) is 12.1 Å². The molecular weight excluding hydrogens is 439 g/mol. The monoisotopic (exact) mass is 453 g/mol. The second-order valence-corrected chi connectivity index (χ2v) is 8.07. The van der Waals surface area contributed by atoms with Gasteiger partial charge in [0.1, 0.15) is 6.54 Å². The minimum Gasteiger partial charge on any atom is -0.277 e. The van der Waals surface area contributed by atoms with Crippen LogP contribution in [0.25, 0.3) is 11.4 Å². The summed E-state index contributed by atoms with van der Waals surface area (Å²) < 4.78 is 40.1. The third-order valence-electron chi connectivity index (χ3n) is 4.86. The Labute approximate surface area is 184 Å². The molecule has 0 fully saturated rings. The van der Waals surface area contributed by atoms with Crippen molar-refractivity contribution in [3.05, 3.63) is 78.4 Å². The second-order valence-electron chi connectivity index (χ2n) is 6.99. The molecule has 0 saturated heterocycles. The van der Waals surface area contributed by atoms with E-state index in [1.165, 1.54) is 22.7 Å². The lowest BCUT2D eigenvalue weighted by atomic mass is 10.1. The average Bonchev–Trinajstić information content (AvgIpc) is 3.25. The van der Waals surface area contributed by atoms with Gasteiger partial charge in [-0.15, -0.1) is 10.2 Å². The van der Waals surface area contributed by atoms with Crippen LogP contribution in [0.2, 0.25) is 0 Å². The first-order chi connectivity index (χ1) is 15.4. The molecule has 0 atom stereocenters. The van der Waals surface area contributed by atoms with Crippen LogP contribution in [0.5, 0.6) is 0 Å². The highest BCUT2D eigenvalue weighted by molar-refractivity contribution is 7.99. The molecule has 1 aliphatic heterocycles. The van der Waals surface area contributed by atoms with Crippen LogP contribution < -0.4 is 4.90 Å². The molecule has 0 aliphatic carbocycles. The van der Waals surface area contributed by atoms with E-state index in [-0.39, 0.29) is 12.2 Å². The van der Waals surface area contributed by atoms with E-state index >= 15 is 0 Å². The number of alkyl halides is 3. The number of carbonyl (C=O) groups is 1. The van der Waals surface area contributed by atoms with Crippen molar-refractivity contribution in [1.82, 2.24) is 20.2 Å². The first kappa shape index (κ1) is 20.3. The van der Waals surface area contributed by atoms with Crippen molar-refractivity contribution in [2.45, 2.75) is 22.5 Å². The number of tetrazole rings is 1. The summed E-state index contributed by atoms with van der Waals surface area (Å²) in [6.07, 6.45) is -4.52. The molecule has 5 rings (SSSR count). The van der Waals surface area contributed by atoms with Gasteiger partial charge in [-0.3, -0.25) is 9.69 Å². The topological polar surface area (TPSA) is 63.9 Å². The lowest BCUT2D eigenvalue weighted by Crippen LogP contribution is -2.32. The minimum atomic E-state index is -4.52. The predicted octanol–water partition coefficient (Wildman–Crippen LogP) is 5.19. The summed E-state index contributed by atoms with van der Waals surface area (Å²) >= 11 is 1.32. The molecule has 0 N–H and O–H groups in total. The molecule has 1 amide bonds. The van der Waals surface area contributed by atoms with Crippen LogP contribution in [0, 0.1) is 0 Å². The third kappa shape index (κ3) is 3.73. The summed E-state index contributed by atoms with van der Waals surface area (Å²) in [6, 6.07) is 19.6. The Bertz CT molecular complexity index is 1310. The van der Waals surface area contributed by atoms with Gasteiger partial charge in [0, 0.05) is 15.4 Å². The van der Waals surface area contributed by atoms with Crippen molar-refractivity contribution < 1.29 is 18.0 Å². The van der Waals surface area contributed by atoms with E-state index in [9.17, 15) is 18.0 Å². The third-order valence-corrected chi connectivity index (χ3v) is 5.99. The van der Waals surface area contributed by atoms with E-state index in [4.69, 9.17) is 0 Å². The molecule has 0 spiro atoms. The first-order valence-corrected chi connectivity index (χ1v) is 10.4. The lowest BCUT2D eigenvalue weighted by Gasteiger charge is -2.31. The molecule has 6 nitrogen and oxygen atoms in total. The van der Waals surface area contributed by atoms with Crippen LogP contribution in [0.1, 0.15) is 5.56 Å². The molecule has 10 heteroatoms. The summed E-state index contributed by atoms with van der Waals surface area (Å²) in [7, 11) is 0. The molecule has 32 heavy (non-hydrogen) atoms. The van der Waals surface area contributed by atoms with Gasteiger partial charge in [-0.1, -0.05) is 54.2 Å². The summed E-state index contributed by atoms with van der Waals surface area (Å²) in [5.74, 6) is -0.122. The van der Waals surface area contributed by atoms with Gasteiger partial charge in [-0.05, 0) is 35.5 Å². The van der Waals surface area contributed by atoms with Crippen LogP contribution in [0.3, 0.4) is 0 Å². The zero-order valence-corrected chi connectivity index (χ0v) is 17.1. The maximum absolute atomic E-state index is 13.4. The lowest BCUT2D eigenvalue weighted by molar-refractivity contribution is -0.137. The Morgan fingerprint density at radius 1 is 0.906 bits per heavy atom. The molecular formula is C22H14F3N5OS. The number of fused-ring (bicyclic) bond motifs is 2. The van der Waals surface area contributed by atoms with Gasteiger partial charge in [0.15, 0.2) is 0 Å². The number of rotatable bonds is 3. The fraction of sp³-hybridized carbons (Fsp3) is 0.0909. The van der Waals surface area contributed by atoms with Crippen LogP contribution in [-0.4, -0.2) is 26.1 Å². The van der Waals surface area contributed by atoms with E-state index in [0.29, 0.717) is 16.4 Å². The van der Waals surface area contributed by atoms with Crippen LogP contribution in [0.15, 0.2) is 82.6 Å². The number of halogens is 3. The quantitative estimate of drug-likeness (QED) is 0.427. The second kappa shape index (κ2) is 7.79. The van der Waals surface area contributed by atoms with E-state index in [1.807, 2.05) is 42.5 Å². The number of anilines is 2. The summed E-state index contributed by atoms with van der Waals surface area (Å²) in [4.78, 5) is 17.1. The van der Waals surface area contributed by atoms with Gasteiger partial charge in [-0.2, -0.15) is 18.0 Å². The summed E-state index contributed by atoms with van der Waals surface area (Å²) in [5, 5.41) is 12.2. The molecule has 0 radical (unpaired) electrons. The van der Waals surface area contributed by atoms with Gasteiger partial charge >= 0.3 is 6.18 Å². The predicted molar refractivity (Wildman–Crippen MR) is 112 cm³/mol. The smallest absolute Gasteiger partial charge is 0.277 e. The zero-order valence-electron chi connectivity index (χ0n) is 16.3. The minimum absolute atomic E-state index is 0.178. The number of benzene rings is 3. The highest BCUT2D eigenvalue weighted by atomic mass is 32.2. The molecule has 0 bridgehead atoms. The highest BCUT2D eigenvalue weighted by Crippen LogP contribution is 2.49. The van der Waals surface area contributed by atoms with Gasteiger partial charge in [0.05, 0.1) is 16.9 Å². The Morgan fingerprint density at radius 3 is 2.41 bits per heavy atom. The number of para-hydroxylation sites is 1. The standard InChI is InChI=1S/C22H14F3N5OS/c23-22(24,25)15-10-11-19-17(12-15)30(16-8-4-5-9-18(16)32-19)20(31)13-29-27-21(26-28-29)14-6-2-1-3-7-14/h1-12H,13H2. The molecule has 3 aromatic carbocycles. The van der Waals surface area contributed by atoms with Crippen LogP contribution >= 0.6 is 11.8 Å². The number of nitrogens with zero attached hydrogens (tertiary/aromatic N) is 5. The van der Waals surface area contributed by atoms with Crippen LogP contribution in [0.4, 0.5) is 24.5 Å². The maximum atomic E-state index is 13.4. The Kier molecular flexibility index (Phi) is 4.93. The van der Waals surface area contributed by atoms with Crippen molar-refractivity contribution in [2.75, 3.05) is 4.90 Å². The first-order valence-electron chi connectivity index (χ1n) is 9.54. The zero-order chi connectivity index (χ0) is 22.3. The van der Waals surface area contributed by atoms with Crippen molar-refractivity contribution in [3.63, 3.8) is 0 Å². The molecule has 4 aromatic rings. The van der Waals surface area contributed by atoms with E-state index in [0.717, 1.165) is 27.4 Å². The van der Waals surface area contributed by atoms with Gasteiger partial charge < -0.3 is 0 Å². The fourth-order valence-electron chi connectivity index (χ4n) is 3.40. The summed E-state index contributed by atoms with van der Waals surface area (Å²) in [5.41, 5.74) is 0.611. The van der Waals surface area contributed by atoms with E-state index < -0.39 is 17.6 Å². The Hall–Kier alpha value is -3.66. The number of hydrogen-bond donors (Lipinski definition) is 0. The number of hydrogen-bond acceptors (Lipinski definition) is 5. The van der Waals surface area contributed by atoms with E-state index in [2.05, 4.69) is 15.4 Å². The number of aromatic nitrogens is 4. The van der Waals surface area contributed by atoms with Crippen molar-refractivity contribution in [3.8, 4) is 11.4 Å². The summed E-state index contributed by atoms with van der Waals surface area (Å²) in [6.45, 7) is -0.283. The van der Waals surface area contributed by atoms with Gasteiger partial charge in [0.2, 0.25) is 5.82 Å². The normalized spacial score (nSPS) is 12.9. The molecule has 0 unspecified atom stereocenters. The van der Waals surface area contributed by atoms with Gasteiger partial charge in [0.25, 0.3) is 5.91 Å². The average molecular weight is 453 g/mol. The van der Waals surface area contributed by atoms with Crippen molar-refractivity contribution in [1.29, 1.82) is 0 Å². The fourth-order valence-corrected chi connectivity index (χ4v) is 4.44. The SMILES string of the molecule is O=C(Cn1nnc(-c2ccccc2)n1)N1c2ccccc2Sc2ccc(C(F)(F)F)cc21. The van der Waals surface area contributed by atoms with Crippen LogP contribution in [-0.2, 0) is 17.5 Å². The number of amides is 1. The Morgan fingerprint density at radius 2 is 1.62 bits per heavy atom. The number of carbonyl (C=O) groups excluding carboxylic acids is 1. The molecule has 160 valence electrons. The molecule has 1 aliphatic rings. The molecule has 1 aromatic heterocycles.